The highest BCUT2D eigenvalue weighted by atomic mass is 127. The van der Waals surface area contributed by atoms with Gasteiger partial charge in [-0.15, -0.1) is 24.0 Å². The van der Waals surface area contributed by atoms with Crippen LogP contribution in [0.2, 0.25) is 5.02 Å². The first-order valence-electron chi connectivity index (χ1n) is 6.72. The predicted octanol–water partition coefficient (Wildman–Crippen LogP) is 3.07. The van der Waals surface area contributed by atoms with Crippen LogP contribution in [0.1, 0.15) is 26.0 Å². The lowest BCUT2D eigenvalue weighted by molar-refractivity contribution is 0.623. The van der Waals surface area contributed by atoms with Crippen molar-refractivity contribution in [2.45, 2.75) is 32.9 Å². The molecule has 0 saturated heterocycles. The Hall–Kier alpha value is -1.02. The average Bonchev–Trinajstić information content (AvgIpc) is 2.84. The van der Waals surface area contributed by atoms with Gasteiger partial charge in [0.25, 0.3) is 0 Å². The molecule has 0 aliphatic rings. The Morgan fingerprint density at radius 1 is 1.43 bits per heavy atom. The molecule has 1 atom stereocenters. The van der Waals surface area contributed by atoms with E-state index in [0.29, 0.717) is 17.6 Å². The maximum atomic E-state index is 5.96. The van der Waals surface area contributed by atoms with E-state index in [1.807, 2.05) is 28.9 Å². The van der Waals surface area contributed by atoms with E-state index in [1.54, 1.807) is 7.05 Å². The average molecular weight is 422 g/mol. The Balaban J connectivity index is 0.00000220. The molecule has 2 rings (SSSR count). The van der Waals surface area contributed by atoms with Gasteiger partial charge in [0.05, 0.1) is 17.3 Å². The summed E-state index contributed by atoms with van der Waals surface area (Å²) in [6.07, 6.45) is 4.86. The molecule has 0 radical (unpaired) electrons. The van der Waals surface area contributed by atoms with E-state index in [1.165, 1.54) is 0 Å². The first kappa shape index (κ1) is 18.0. The van der Waals surface area contributed by atoms with Crippen molar-refractivity contribution in [1.82, 2.24) is 20.0 Å². The summed E-state index contributed by atoms with van der Waals surface area (Å²) in [6.45, 7) is 4.88. The number of nitrogens with zero attached hydrogens (tertiary/aromatic N) is 3. The number of nitrogens with one attached hydrogen (secondary N) is 2. The van der Waals surface area contributed by atoms with E-state index in [0.717, 1.165) is 23.7 Å². The molecule has 0 aliphatic carbocycles. The van der Waals surface area contributed by atoms with Gasteiger partial charge in [-0.1, -0.05) is 18.5 Å². The van der Waals surface area contributed by atoms with E-state index < -0.39 is 0 Å². The second kappa shape index (κ2) is 8.43. The Morgan fingerprint density at radius 2 is 2.19 bits per heavy atom. The van der Waals surface area contributed by atoms with Gasteiger partial charge in [-0.05, 0) is 25.5 Å². The molecule has 7 heteroatoms. The van der Waals surface area contributed by atoms with Crippen LogP contribution in [-0.2, 0) is 6.54 Å². The monoisotopic (exact) mass is 421 g/mol. The summed E-state index contributed by atoms with van der Waals surface area (Å²) >= 11 is 5.96. The van der Waals surface area contributed by atoms with Gasteiger partial charge >= 0.3 is 0 Å². The van der Waals surface area contributed by atoms with Crippen molar-refractivity contribution in [1.29, 1.82) is 0 Å². The molecule has 0 aromatic carbocycles. The summed E-state index contributed by atoms with van der Waals surface area (Å²) in [5.41, 5.74) is 1.83. The third-order valence-electron chi connectivity index (χ3n) is 3.12. The van der Waals surface area contributed by atoms with Crippen LogP contribution in [-0.4, -0.2) is 28.4 Å². The van der Waals surface area contributed by atoms with Crippen molar-refractivity contribution in [3.8, 4) is 0 Å². The highest BCUT2D eigenvalue weighted by Gasteiger charge is 2.05. The van der Waals surface area contributed by atoms with Crippen molar-refractivity contribution < 1.29 is 0 Å². The van der Waals surface area contributed by atoms with Crippen molar-refractivity contribution in [3.63, 3.8) is 0 Å². The number of guanidine groups is 1. The number of rotatable bonds is 4. The Morgan fingerprint density at radius 3 is 2.86 bits per heavy atom. The lowest BCUT2D eigenvalue weighted by atomic mass is 10.3. The summed E-state index contributed by atoms with van der Waals surface area (Å²) in [5, 5.41) is 7.27. The first-order valence-corrected chi connectivity index (χ1v) is 7.10. The fraction of sp³-hybridized carbons (Fsp3) is 0.429. The summed E-state index contributed by atoms with van der Waals surface area (Å²) in [4.78, 5) is 8.72. The van der Waals surface area contributed by atoms with Crippen LogP contribution in [0.5, 0.6) is 0 Å². The van der Waals surface area contributed by atoms with Crippen molar-refractivity contribution in [3.05, 3.63) is 35.2 Å². The van der Waals surface area contributed by atoms with Crippen LogP contribution in [0.4, 0.5) is 0 Å². The highest BCUT2D eigenvalue weighted by molar-refractivity contribution is 14.0. The molecule has 2 heterocycles. The molecule has 0 fully saturated rings. The third-order valence-corrected chi connectivity index (χ3v) is 3.34. The first-order chi connectivity index (χ1) is 9.62. The topological polar surface area (TPSA) is 53.7 Å². The number of fused-ring (bicyclic) bond motifs is 1. The van der Waals surface area contributed by atoms with Gasteiger partial charge in [-0.3, -0.25) is 4.99 Å². The van der Waals surface area contributed by atoms with Gasteiger partial charge < -0.3 is 15.0 Å². The summed E-state index contributed by atoms with van der Waals surface area (Å²) in [6, 6.07) is 4.13. The fourth-order valence-corrected chi connectivity index (χ4v) is 1.97. The Labute approximate surface area is 147 Å². The van der Waals surface area contributed by atoms with Crippen molar-refractivity contribution in [2.24, 2.45) is 4.99 Å². The Kier molecular flexibility index (Phi) is 7.24. The third kappa shape index (κ3) is 5.03. The lowest BCUT2D eigenvalue weighted by Gasteiger charge is -2.15. The number of halogens is 2. The smallest absolute Gasteiger partial charge is 0.191 e. The van der Waals surface area contributed by atoms with Gasteiger partial charge in [0.2, 0.25) is 0 Å². The molecular weight excluding hydrogens is 401 g/mol. The molecule has 2 aromatic rings. The minimum absolute atomic E-state index is 0. The standard InChI is InChI=1S/C14H20ClN5.HI/c1-4-10(2)18-14(16-3)17-7-12-9-20-8-11(15)5-6-13(20)19-12;/h5-6,8-10H,4,7H2,1-3H3,(H2,16,17,18);1H. The largest absolute Gasteiger partial charge is 0.354 e. The molecule has 0 amide bonds. The van der Waals surface area contributed by atoms with Crippen LogP contribution in [0.3, 0.4) is 0 Å². The number of hydrogen-bond donors (Lipinski definition) is 2. The van der Waals surface area contributed by atoms with Crippen LogP contribution in [0, 0.1) is 0 Å². The number of imidazole rings is 1. The molecule has 0 bridgehead atoms. The SMILES string of the molecule is CCC(C)NC(=NC)NCc1cn2cc(Cl)ccc2n1.I. The second-order valence-electron chi connectivity index (χ2n) is 4.72. The Bertz CT molecular complexity index is 610. The van der Waals surface area contributed by atoms with Gasteiger partial charge in [0.15, 0.2) is 5.96 Å². The number of aliphatic imine (C=N–C) groups is 1. The molecule has 2 aromatic heterocycles. The zero-order valence-electron chi connectivity index (χ0n) is 12.4. The number of aromatic nitrogens is 2. The molecule has 0 spiro atoms. The maximum absolute atomic E-state index is 5.96. The normalized spacial score (nSPS) is 12.9. The number of pyridine rings is 1. The summed E-state index contributed by atoms with van der Waals surface area (Å²) in [7, 11) is 1.77. The van der Waals surface area contributed by atoms with E-state index in [2.05, 4.69) is 34.5 Å². The second-order valence-corrected chi connectivity index (χ2v) is 5.16. The van der Waals surface area contributed by atoms with E-state index in [4.69, 9.17) is 11.6 Å². The van der Waals surface area contributed by atoms with Gasteiger partial charge in [0, 0.05) is 25.5 Å². The molecule has 21 heavy (non-hydrogen) atoms. The maximum Gasteiger partial charge on any atom is 0.191 e. The molecule has 116 valence electrons. The van der Waals surface area contributed by atoms with Gasteiger partial charge in [0.1, 0.15) is 5.65 Å². The zero-order valence-corrected chi connectivity index (χ0v) is 15.5. The quantitative estimate of drug-likeness (QED) is 0.453. The molecule has 2 N–H and O–H groups in total. The fourth-order valence-electron chi connectivity index (χ4n) is 1.81. The van der Waals surface area contributed by atoms with E-state index in [-0.39, 0.29) is 24.0 Å². The summed E-state index contributed by atoms with van der Waals surface area (Å²) < 4.78 is 1.92. The van der Waals surface area contributed by atoms with Crippen LogP contribution >= 0.6 is 35.6 Å². The molecule has 1 unspecified atom stereocenters. The van der Waals surface area contributed by atoms with Gasteiger partial charge in [-0.2, -0.15) is 0 Å². The van der Waals surface area contributed by atoms with Crippen LogP contribution in [0.15, 0.2) is 29.5 Å². The van der Waals surface area contributed by atoms with Gasteiger partial charge in [-0.25, -0.2) is 4.98 Å². The molecular formula is C14H21ClIN5. The number of hydrogen-bond acceptors (Lipinski definition) is 2. The van der Waals surface area contributed by atoms with Crippen molar-refractivity contribution >= 4 is 47.2 Å². The van der Waals surface area contributed by atoms with Crippen LogP contribution < -0.4 is 10.6 Å². The predicted molar refractivity (Wildman–Crippen MR) is 98.7 cm³/mol. The molecule has 0 saturated carbocycles. The van der Waals surface area contributed by atoms with Crippen molar-refractivity contribution in [2.75, 3.05) is 7.05 Å². The summed E-state index contributed by atoms with van der Waals surface area (Å²) in [5.74, 6) is 0.787. The minimum atomic E-state index is 0. The lowest BCUT2D eigenvalue weighted by Crippen LogP contribution is -2.41. The van der Waals surface area contributed by atoms with E-state index >= 15 is 0 Å². The minimum Gasteiger partial charge on any atom is -0.354 e. The van der Waals surface area contributed by atoms with Crippen LogP contribution in [0.25, 0.3) is 5.65 Å². The molecule has 0 aliphatic heterocycles. The molecule has 5 nitrogen and oxygen atoms in total. The zero-order chi connectivity index (χ0) is 14.5. The van der Waals surface area contributed by atoms with E-state index in [9.17, 15) is 0 Å². The highest BCUT2D eigenvalue weighted by Crippen LogP contribution is 2.11.